The summed E-state index contributed by atoms with van der Waals surface area (Å²) < 4.78 is 16.1. The first-order chi connectivity index (χ1) is 10.2. The maximum absolute atomic E-state index is 13.3. The molecule has 0 spiro atoms. The van der Waals surface area contributed by atoms with Crippen LogP contribution in [0.25, 0.3) is 0 Å². The summed E-state index contributed by atoms with van der Waals surface area (Å²) in [5, 5.41) is 3.42. The summed E-state index contributed by atoms with van der Waals surface area (Å²) >= 11 is 3.25. The number of nitrogens with one attached hydrogen (secondary N) is 1. The van der Waals surface area contributed by atoms with Gasteiger partial charge in [-0.1, -0.05) is 12.5 Å². The standard InChI is InChI=1S/C17H20BrFN2/c1-20-17-5-3-2-4-13-10-21(11-14(13)17)9-12-6-7-16(19)15(18)8-12/h6-8,10-11,17,20H,2-5,9H2,1H3. The summed E-state index contributed by atoms with van der Waals surface area (Å²) in [6, 6.07) is 5.69. The van der Waals surface area contributed by atoms with Crippen molar-refractivity contribution in [2.75, 3.05) is 7.05 Å². The van der Waals surface area contributed by atoms with Crippen molar-refractivity contribution in [1.82, 2.24) is 9.88 Å². The lowest BCUT2D eigenvalue weighted by molar-refractivity contribution is 0.531. The van der Waals surface area contributed by atoms with Crippen LogP contribution in [0.15, 0.2) is 35.1 Å². The van der Waals surface area contributed by atoms with Crippen LogP contribution in [0, 0.1) is 5.82 Å². The van der Waals surface area contributed by atoms with Gasteiger partial charge in [-0.2, -0.15) is 0 Å². The minimum atomic E-state index is -0.211. The van der Waals surface area contributed by atoms with E-state index in [0.717, 1.165) is 18.5 Å². The van der Waals surface area contributed by atoms with Crippen molar-refractivity contribution in [2.24, 2.45) is 0 Å². The van der Waals surface area contributed by atoms with Gasteiger partial charge >= 0.3 is 0 Å². The van der Waals surface area contributed by atoms with Crippen molar-refractivity contribution in [2.45, 2.75) is 38.3 Å². The van der Waals surface area contributed by atoms with E-state index in [0.29, 0.717) is 10.5 Å². The van der Waals surface area contributed by atoms with Gasteiger partial charge in [-0.05, 0) is 71.1 Å². The maximum Gasteiger partial charge on any atom is 0.137 e. The van der Waals surface area contributed by atoms with E-state index >= 15 is 0 Å². The topological polar surface area (TPSA) is 17.0 Å². The normalized spacial score (nSPS) is 18.3. The zero-order chi connectivity index (χ0) is 14.8. The van der Waals surface area contributed by atoms with Crippen LogP contribution in [0.1, 0.15) is 42.0 Å². The second-order valence-corrected chi connectivity index (χ2v) is 6.60. The van der Waals surface area contributed by atoms with Gasteiger partial charge in [0.25, 0.3) is 0 Å². The number of fused-ring (bicyclic) bond motifs is 1. The van der Waals surface area contributed by atoms with E-state index in [-0.39, 0.29) is 5.82 Å². The SMILES string of the molecule is CNC1CCCCc2cn(Cc3ccc(F)c(Br)c3)cc21. The molecule has 0 amide bonds. The van der Waals surface area contributed by atoms with Gasteiger partial charge in [0.15, 0.2) is 0 Å². The largest absolute Gasteiger partial charge is 0.349 e. The lowest BCUT2D eigenvalue weighted by atomic mass is 10.1. The first-order valence-electron chi connectivity index (χ1n) is 7.47. The lowest BCUT2D eigenvalue weighted by Gasteiger charge is -2.13. The molecule has 3 rings (SSSR count). The quantitative estimate of drug-likeness (QED) is 0.810. The molecule has 1 aromatic carbocycles. The molecule has 1 unspecified atom stereocenters. The van der Waals surface area contributed by atoms with E-state index in [1.165, 1.54) is 36.5 Å². The predicted molar refractivity (Wildman–Crippen MR) is 87.0 cm³/mol. The molecular formula is C17H20BrFN2. The average molecular weight is 351 g/mol. The fraction of sp³-hybridized carbons (Fsp3) is 0.412. The second-order valence-electron chi connectivity index (χ2n) is 5.75. The summed E-state index contributed by atoms with van der Waals surface area (Å²) in [6.07, 6.45) is 9.41. The Morgan fingerprint density at radius 3 is 2.95 bits per heavy atom. The summed E-state index contributed by atoms with van der Waals surface area (Å²) in [5.74, 6) is -0.211. The molecule has 1 N–H and O–H groups in total. The highest BCUT2D eigenvalue weighted by Gasteiger charge is 2.19. The van der Waals surface area contributed by atoms with Crippen molar-refractivity contribution in [3.8, 4) is 0 Å². The third kappa shape index (κ3) is 3.22. The van der Waals surface area contributed by atoms with Crippen LogP contribution in [-0.2, 0) is 13.0 Å². The van der Waals surface area contributed by atoms with Crippen LogP contribution in [0.2, 0.25) is 0 Å². The number of halogens is 2. The zero-order valence-electron chi connectivity index (χ0n) is 12.2. The molecule has 1 atom stereocenters. The molecule has 2 nitrogen and oxygen atoms in total. The summed E-state index contributed by atoms with van der Waals surface area (Å²) in [4.78, 5) is 0. The molecular weight excluding hydrogens is 331 g/mol. The third-order valence-corrected chi connectivity index (χ3v) is 4.87. The Bertz CT molecular complexity index is 636. The maximum atomic E-state index is 13.3. The Kier molecular flexibility index (Phi) is 4.45. The molecule has 0 saturated heterocycles. The first kappa shape index (κ1) is 14.8. The Morgan fingerprint density at radius 1 is 1.33 bits per heavy atom. The minimum absolute atomic E-state index is 0.211. The molecule has 1 heterocycles. The molecule has 1 aromatic heterocycles. The minimum Gasteiger partial charge on any atom is -0.349 e. The fourth-order valence-corrected chi connectivity index (χ4v) is 3.58. The van der Waals surface area contributed by atoms with Gasteiger partial charge < -0.3 is 9.88 Å². The van der Waals surface area contributed by atoms with Gasteiger partial charge in [-0.3, -0.25) is 0 Å². The molecule has 1 aliphatic carbocycles. The van der Waals surface area contributed by atoms with E-state index in [9.17, 15) is 4.39 Å². The van der Waals surface area contributed by atoms with E-state index in [1.807, 2.05) is 19.2 Å². The Labute approximate surface area is 133 Å². The van der Waals surface area contributed by atoms with Crippen LogP contribution < -0.4 is 5.32 Å². The van der Waals surface area contributed by atoms with Crippen LogP contribution >= 0.6 is 15.9 Å². The molecule has 21 heavy (non-hydrogen) atoms. The molecule has 2 aromatic rings. The molecule has 0 saturated carbocycles. The van der Waals surface area contributed by atoms with E-state index in [1.54, 1.807) is 0 Å². The molecule has 0 fully saturated rings. The molecule has 112 valence electrons. The number of hydrogen-bond acceptors (Lipinski definition) is 1. The number of hydrogen-bond donors (Lipinski definition) is 1. The summed E-state index contributed by atoms with van der Waals surface area (Å²) in [5.41, 5.74) is 3.98. The molecule has 4 heteroatoms. The Morgan fingerprint density at radius 2 is 2.19 bits per heavy atom. The monoisotopic (exact) mass is 350 g/mol. The van der Waals surface area contributed by atoms with Gasteiger partial charge in [-0.15, -0.1) is 0 Å². The number of aromatic nitrogens is 1. The van der Waals surface area contributed by atoms with Crippen LogP contribution in [0.3, 0.4) is 0 Å². The van der Waals surface area contributed by atoms with Crippen molar-refractivity contribution >= 4 is 15.9 Å². The van der Waals surface area contributed by atoms with Crippen molar-refractivity contribution < 1.29 is 4.39 Å². The van der Waals surface area contributed by atoms with Crippen molar-refractivity contribution in [3.63, 3.8) is 0 Å². The molecule has 0 bridgehead atoms. The smallest absolute Gasteiger partial charge is 0.137 e. The molecule has 0 aliphatic heterocycles. The number of rotatable bonds is 3. The van der Waals surface area contributed by atoms with E-state index < -0.39 is 0 Å². The van der Waals surface area contributed by atoms with Gasteiger partial charge in [0, 0.05) is 25.0 Å². The Balaban J connectivity index is 1.85. The average Bonchev–Trinajstić information content (AvgIpc) is 2.76. The van der Waals surface area contributed by atoms with E-state index in [2.05, 4.69) is 38.2 Å². The first-order valence-corrected chi connectivity index (χ1v) is 8.26. The van der Waals surface area contributed by atoms with Crippen LogP contribution in [0.4, 0.5) is 4.39 Å². The predicted octanol–water partition coefficient (Wildman–Crippen LogP) is 4.42. The fourth-order valence-electron chi connectivity index (χ4n) is 3.16. The highest BCUT2D eigenvalue weighted by molar-refractivity contribution is 9.10. The van der Waals surface area contributed by atoms with Gasteiger partial charge in [0.05, 0.1) is 4.47 Å². The van der Waals surface area contributed by atoms with E-state index in [4.69, 9.17) is 0 Å². The van der Waals surface area contributed by atoms with Gasteiger partial charge in [-0.25, -0.2) is 4.39 Å². The zero-order valence-corrected chi connectivity index (χ0v) is 13.8. The number of aryl methyl sites for hydroxylation is 1. The molecule has 1 aliphatic rings. The number of nitrogens with zero attached hydrogens (tertiary/aromatic N) is 1. The Hall–Kier alpha value is -1.13. The van der Waals surface area contributed by atoms with Crippen LogP contribution in [-0.4, -0.2) is 11.6 Å². The lowest BCUT2D eigenvalue weighted by Crippen LogP contribution is -2.15. The van der Waals surface area contributed by atoms with Gasteiger partial charge in [0.2, 0.25) is 0 Å². The van der Waals surface area contributed by atoms with Crippen LogP contribution in [0.5, 0.6) is 0 Å². The van der Waals surface area contributed by atoms with Crippen molar-refractivity contribution in [1.29, 1.82) is 0 Å². The number of benzene rings is 1. The van der Waals surface area contributed by atoms with Gasteiger partial charge in [0.1, 0.15) is 5.82 Å². The summed E-state index contributed by atoms with van der Waals surface area (Å²) in [7, 11) is 2.04. The highest BCUT2D eigenvalue weighted by Crippen LogP contribution is 2.29. The highest BCUT2D eigenvalue weighted by atomic mass is 79.9. The second kappa shape index (κ2) is 6.32. The third-order valence-electron chi connectivity index (χ3n) is 4.26. The van der Waals surface area contributed by atoms with Crippen molar-refractivity contribution in [3.05, 3.63) is 57.6 Å². The molecule has 0 radical (unpaired) electrons. The summed E-state index contributed by atoms with van der Waals surface area (Å²) in [6.45, 7) is 0.780.